The summed E-state index contributed by atoms with van der Waals surface area (Å²) in [6, 6.07) is 13.4. The first-order chi connectivity index (χ1) is 11.6. The molecule has 1 aromatic heterocycles. The minimum atomic E-state index is -0.329. The molecule has 0 radical (unpaired) electrons. The summed E-state index contributed by atoms with van der Waals surface area (Å²) in [6.45, 7) is 2.65. The molecule has 1 atom stereocenters. The summed E-state index contributed by atoms with van der Waals surface area (Å²) in [7, 11) is 1.66. The van der Waals surface area contributed by atoms with Crippen LogP contribution in [0.1, 0.15) is 12.0 Å². The molecule has 126 valence electrons. The maximum Gasteiger partial charge on any atom is 0.319 e. The molecular formula is C18H22N4O2. The molecule has 1 fully saturated rings. The molecule has 2 N–H and O–H groups in total. The van der Waals surface area contributed by atoms with Gasteiger partial charge < -0.3 is 15.2 Å². The quantitative estimate of drug-likeness (QED) is 0.900. The van der Waals surface area contributed by atoms with Gasteiger partial charge in [0.15, 0.2) is 0 Å². The van der Waals surface area contributed by atoms with Crippen molar-refractivity contribution in [2.75, 3.05) is 18.4 Å². The fourth-order valence-electron chi connectivity index (χ4n) is 2.97. The van der Waals surface area contributed by atoms with Crippen LogP contribution in [0, 0.1) is 0 Å². The van der Waals surface area contributed by atoms with Gasteiger partial charge in [-0.15, -0.1) is 0 Å². The lowest BCUT2D eigenvalue weighted by Crippen LogP contribution is -2.40. The third-order valence-corrected chi connectivity index (χ3v) is 4.23. The number of urea groups is 1. The molecule has 2 heterocycles. The van der Waals surface area contributed by atoms with Crippen molar-refractivity contribution in [3.63, 3.8) is 0 Å². The van der Waals surface area contributed by atoms with Gasteiger partial charge in [0.05, 0.1) is 0 Å². The molecule has 24 heavy (non-hydrogen) atoms. The van der Waals surface area contributed by atoms with Crippen LogP contribution < -0.4 is 16.2 Å². The summed E-state index contributed by atoms with van der Waals surface area (Å²) < 4.78 is 1.44. The van der Waals surface area contributed by atoms with Crippen molar-refractivity contribution >= 4 is 11.7 Å². The monoisotopic (exact) mass is 326 g/mol. The third-order valence-electron chi connectivity index (χ3n) is 4.23. The number of carbonyl (C=O) groups excluding carboxylic acids is 1. The number of rotatable bonds is 4. The van der Waals surface area contributed by atoms with Gasteiger partial charge in [-0.2, -0.15) is 0 Å². The number of nitrogens with zero attached hydrogens (tertiary/aromatic N) is 2. The highest BCUT2D eigenvalue weighted by Crippen LogP contribution is 2.13. The first kappa shape index (κ1) is 16.3. The first-order valence-electron chi connectivity index (χ1n) is 8.11. The Balaban J connectivity index is 1.51. The average Bonchev–Trinajstić information content (AvgIpc) is 2.99. The molecule has 2 aromatic rings. The van der Waals surface area contributed by atoms with Crippen LogP contribution in [0.2, 0.25) is 0 Å². The first-order valence-corrected chi connectivity index (χ1v) is 8.11. The largest absolute Gasteiger partial charge is 0.334 e. The maximum absolute atomic E-state index is 12.1. The van der Waals surface area contributed by atoms with Crippen LogP contribution in [0.15, 0.2) is 53.5 Å². The number of aryl methyl sites for hydroxylation is 1. The molecule has 0 bridgehead atoms. The van der Waals surface area contributed by atoms with Crippen molar-refractivity contribution in [1.29, 1.82) is 0 Å². The van der Waals surface area contributed by atoms with E-state index in [1.807, 2.05) is 18.2 Å². The molecule has 1 unspecified atom stereocenters. The minimum Gasteiger partial charge on any atom is -0.334 e. The van der Waals surface area contributed by atoms with Crippen LogP contribution >= 0.6 is 0 Å². The van der Waals surface area contributed by atoms with Gasteiger partial charge in [0, 0.05) is 38.9 Å². The summed E-state index contributed by atoms with van der Waals surface area (Å²) in [6.07, 6.45) is 2.57. The summed E-state index contributed by atoms with van der Waals surface area (Å²) in [5.74, 6) is 0. The molecule has 2 amide bonds. The molecule has 3 rings (SSSR count). The number of hydrogen-bond acceptors (Lipinski definition) is 3. The van der Waals surface area contributed by atoms with E-state index < -0.39 is 0 Å². The molecule has 0 saturated carbocycles. The zero-order chi connectivity index (χ0) is 16.9. The van der Waals surface area contributed by atoms with Crippen LogP contribution in [0.25, 0.3) is 0 Å². The summed E-state index contributed by atoms with van der Waals surface area (Å²) in [5, 5.41) is 5.59. The van der Waals surface area contributed by atoms with Gasteiger partial charge in [-0.1, -0.05) is 30.3 Å². The number of pyridine rings is 1. The van der Waals surface area contributed by atoms with Crippen LogP contribution in [-0.2, 0) is 13.6 Å². The fourth-order valence-corrected chi connectivity index (χ4v) is 2.97. The number of nitrogens with one attached hydrogen (secondary N) is 2. The number of likely N-dealkylation sites (tertiary alicyclic amines) is 1. The van der Waals surface area contributed by atoms with Crippen molar-refractivity contribution in [2.24, 2.45) is 7.05 Å². The summed E-state index contributed by atoms with van der Waals surface area (Å²) in [5.41, 5.74) is 1.34. The van der Waals surface area contributed by atoms with Crippen LogP contribution in [0.5, 0.6) is 0 Å². The number of hydrogen-bond donors (Lipinski definition) is 2. The third kappa shape index (κ3) is 4.02. The average molecular weight is 326 g/mol. The van der Waals surface area contributed by atoms with Gasteiger partial charge in [0.25, 0.3) is 5.56 Å². The highest BCUT2D eigenvalue weighted by atomic mass is 16.2. The number of anilines is 1. The number of carbonyl (C=O) groups is 1. The van der Waals surface area contributed by atoms with Crippen molar-refractivity contribution < 1.29 is 4.79 Å². The van der Waals surface area contributed by atoms with E-state index in [0.29, 0.717) is 0 Å². The van der Waals surface area contributed by atoms with Gasteiger partial charge in [0.2, 0.25) is 0 Å². The Morgan fingerprint density at radius 3 is 2.79 bits per heavy atom. The van der Waals surface area contributed by atoms with Gasteiger partial charge in [0.1, 0.15) is 5.69 Å². The lowest BCUT2D eigenvalue weighted by molar-refractivity contribution is 0.247. The lowest BCUT2D eigenvalue weighted by Gasteiger charge is -2.17. The maximum atomic E-state index is 12.1. The van der Waals surface area contributed by atoms with E-state index in [4.69, 9.17) is 0 Å². The van der Waals surface area contributed by atoms with Crippen molar-refractivity contribution in [3.05, 3.63) is 64.6 Å². The van der Waals surface area contributed by atoms with Crippen LogP contribution in [0.4, 0.5) is 10.5 Å². The van der Waals surface area contributed by atoms with E-state index in [2.05, 4.69) is 27.7 Å². The molecular weight excluding hydrogens is 304 g/mol. The van der Waals surface area contributed by atoms with Crippen LogP contribution in [0.3, 0.4) is 0 Å². The second-order valence-electron chi connectivity index (χ2n) is 6.14. The van der Waals surface area contributed by atoms with Crippen molar-refractivity contribution in [1.82, 2.24) is 14.8 Å². The second-order valence-corrected chi connectivity index (χ2v) is 6.14. The number of aromatic nitrogens is 1. The lowest BCUT2D eigenvalue weighted by atomic mass is 10.2. The Hall–Kier alpha value is -2.60. The molecule has 0 aliphatic carbocycles. The molecule has 1 aromatic carbocycles. The van der Waals surface area contributed by atoms with Crippen molar-refractivity contribution in [3.8, 4) is 0 Å². The highest BCUT2D eigenvalue weighted by molar-refractivity contribution is 5.89. The Labute approximate surface area is 141 Å². The Kier molecular flexibility index (Phi) is 4.96. The molecule has 6 nitrogen and oxygen atoms in total. The molecule has 1 aliphatic rings. The molecule has 6 heteroatoms. The van der Waals surface area contributed by atoms with Crippen LogP contribution in [-0.4, -0.2) is 34.6 Å². The Bertz CT molecular complexity index is 757. The van der Waals surface area contributed by atoms with E-state index in [1.54, 1.807) is 25.4 Å². The fraction of sp³-hybridized carbons (Fsp3) is 0.333. The van der Waals surface area contributed by atoms with Crippen molar-refractivity contribution in [2.45, 2.75) is 19.0 Å². The van der Waals surface area contributed by atoms with Gasteiger partial charge in [-0.3, -0.25) is 9.69 Å². The molecule has 1 aliphatic heterocycles. The number of benzene rings is 1. The standard InChI is InChI=1S/C18H22N4O2/c1-21-10-5-8-16(17(21)23)20-18(24)19-15-9-11-22(13-15)12-14-6-3-2-4-7-14/h2-8,10,15H,9,11-13H2,1H3,(H2,19,20,24). The van der Waals surface area contributed by atoms with E-state index in [-0.39, 0.29) is 23.3 Å². The molecule has 0 spiro atoms. The Morgan fingerprint density at radius 2 is 2.00 bits per heavy atom. The smallest absolute Gasteiger partial charge is 0.319 e. The van der Waals surface area contributed by atoms with Gasteiger partial charge >= 0.3 is 6.03 Å². The van der Waals surface area contributed by atoms with E-state index in [9.17, 15) is 9.59 Å². The number of amides is 2. The van der Waals surface area contributed by atoms with E-state index in [0.717, 1.165) is 26.1 Å². The van der Waals surface area contributed by atoms with E-state index >= 15 is 0 Å². The topological polar surface area (TPSA) is 66.4 Å². The van der Waals surface area contributed by atoms with E-state index in [1.165, 1.54) is 10.1 Å². The predicted octanol–water partition coefficient (Wildman–Crippen LogP) is 1.78. The Morgan fingerprint density at radius 1 is 1.21 bits per heavy atom. The highest BCUT2D eigenvalue weighted by Gasteiger charge is 2.24. The minimum absolute atomic E-state index is 0.0984. The normalized spacial score (nSPS) is 17.6. The van der Waals surface area contributed by atoms with Gasteiger partial charge in [-0.05, 0) is 24.1 Å². The second kappa shape index (κ2) is 7.31. The SMILES string of the molecule is Cn1cccc(NC(=O)NC2CCN(Cc3ccccc3)C2)c1=O. The zero-order valence-corrected chi connectivity index (χ0v) is 13.7. The predicted molar refractivity (Wildman–Crippen MR) is 94.0 cm³/mol. The summed E-state index contributed by atoms with van der Waals surface area (Å²) >= 11 is 0. The zero-order valence-electron chi connectivity index (χ0n) is 13.7. The van der Waals surface area contributed by atoms with Gasteiger partial charge in [-0.25, -0.2) is 4.79 Å². The molecule has 1 saturated heterocycles. The summed E-state index contributed by atoms with van der Waals surface area (Å²) in [4.78, 5) is 26.3.